The Morgan fingerprint density at radius 2 is 1.88 bits per heavy atom. The average molecular weight is 330 g/mol. The zero-order chi connectivity index (χ0) is 17.4. The van der Waals surface area contributed by atoms with Crippen LogP contribution in [0.2, 0.25) is 0 Å². The number of carbonyl (C=O) groups excluding carboxylic acids is 1. The van der Waals surface area contributed by atoms with E-state index in [4.69, 9.17) is 0 Å². The molecule has 2 heteroatoms. The molecular formula is C22H31FO. The standard InChI is InChI=1S/C22H31FO/c1-3-5-6-7-8-9-17-10-12-18(13-11-17)19-14-15-20(21(23)16-19)22(24)4-2/h4,14-18H,2-3,5-13H2,1H3. The highest BCUT2D eigenvalue weighted by atomic mass is 19.1. The zero-order valence-electron chi connectivity index (χ0n) is 15.0. The van der Waals surface area contributed by atoms with Gasteiger partial charge in [0.15, 0.2) is 5.78 Å². The van der Waals surface area contributed by atoms with E-state index in [0.29, 0.717) is 5.92 Å². The molecule has 1 aromatic rings. The van der Waals surface area contributed by atoms with Crippen LogP contribution in [0.5, 0.6) is 0 Å². The van der Waals surface area contributed by atoms with Gasteiger partial charge in [0.1, 0.15) is 5.82 Å². The molecule has 1 aliphatic rings. The summed E-state index contributed by atoms with van der Waals surface area (Å²) in [6, 6.07) is 5.11. The van der Waals surface area contributed by atoms with Crippen molar-refractivity contribution in [1.82, 2.24) is 0 Å². The molecule has 0 bridgehead atoms. The van der Waals surface area contributed by atoms with E-state index in [1.54, 1.807) is 12.1 Å². The first kappa shape index (κ1) is 18.9. The fourth-order valence-corrected chi connectivity index (χ4v) is 3.92. The highest BCUT2D eigenvalue weighted by molar-refractivity contribution is 6.04. The molecule has 0 aliphatic heterocycles. The Bertz CT molecular complexity index is 541. The van der Waals surface area contributed by atoms with Crippen molar-refractivity contribution >= 4 is 5.78 Å². The van der Waals surface area contributed by atoms with Crippen molar-refractivity contribution in [3.63, 3.8) is 0 Å². The summed E-state index contributed by atoms with van der Waals surface area (Å²) in [6.07, 6.45) is 14.1. The second-order valence-corrected chi connectivity index (χ2v) is 7.23. The van der Waals surface area contributed by atoms with Gasteiger partial charge in [-0.25, -0.2) is 4.39 Å². The van der Waals surface area contributed by atoms with E-state index in [1.165, 1.54) is 57.4 Å². The molecule has 0 heterocycles. The molecule has 0 saturated heterocycles. The van der Waals surface area contributed by atoms with Gasteiger partial charge in [-0.15, -0.1) is 0 Å². The fourth-order valence-electron chi connectivity index (χ4n) is 3.92. The molecule has 1 fully saturated rings. The minimum absolute atomic E-state index is 0.134. The molecule has 24 heavy (non-hydrogen) atoms. The molecular weight excluding hydrogens is 299 g/mol. The van der Waals surface area contributed by atoms with Gasteiger partial charge < -0.3 is 0 Å². The Hall–Kier alpha value is -1.44. The van der Waals surface area contributed by atoms with Gasteiger partial charge in [-0.05, 0) is 61.3 Å². The van der Waals surface area contributed by atoms with Gasteiger partial charge in [-0.1, -0.05) is 58.1 Å². The smallest absolute Gasteiger partial charge is 0.188 e. The van der Waals surface area contributed by atoms with E-state index >= 15 is 0 Å². The van der Waals surface area contributed by atoms with E-state index in [9.17, 15) is 9.18 Å². The minimum atomic E-state index is -0.407. The molecule has 0 amide bonds. The first-order valence-corrected chi connectivity index (χ1v) is 9.62. The maximum Gasteiger partial charge on any atom is 0.188 e. The lowest BCUT2D eigenvalue weighted by molar-refractivity contribution is 0.104. The van der Waals surface area contributed by atoms with Crippen molar-refractivity contribution in [2.75, 3.05) is 0 Å². The van der Waals surface area contributed by atoms with E-state index in [1.807, 2.05) is 6.07 Å². The maximum absolute atomic E-state index is 14.1. The largest absolute Gasteiger partial charge is 0.289 e. The van der Waals surface area contributed by atoms with Crippen LogP contribution in [0.3, 0.4) is 0 Å². The van der Waals surface area contributed by atoms with Crippen LogP contribution in [0.15, 0.2) is 30.9 Å². The van der Waals surface area contributed by atoms with E-state index in [-0.39, 0.29) is 11.3 Å². The zero-order valence-corrected chi connectivity index (χ0v) is 15.0. The summed E-state index contributed by atoms with van der Waals surface area (Å²) >= 11 is 0. The van der Waals surface area contributed by atoms with Gasteiger partial charge in [0.05, 0.1) is 5.56 Å². The van der Waals surface area contributed by atoms with Crippen molar-refractivity contribution in [2.24, 2.45) is 5.92 Å². The molecule has 0 radical (unpaired) electrons. The first-order valence-electron chi connectivity index (χ1n) is 9.62. The molecule has 1 aliphatic carbocycles. The highest BCUT2D eigenvalue weighted by Crippen LogP contribution is 2.38. The molecule has 132 valence electrons. The van der Waals surface area contributed by atoms with E-state index in [0.717, 1.165) is 24.3 Å². The number of carbonyl (C=O) groups is 1. The predicted molar refractivity (Wildman–Crippen MR) is 99.0 cm³/mol. The third-order valence-corrected chi connectivity index (χ3v) is 5.48. The average Bonchev–Trinajstić information content (AvgIpc) is 2.61. The first-order chi connectivity index (χ1) is 11.7. The van der Waals surface area contributed by atoms with Crippen LogP contribution >= 0.6 is 0 Å². The van der Waals surface area contributed by atoms with Gasteiger partial charge in [-0.2, -0.15) is 0 Å². The summed E-state index contributed by atoms with van der Waals surface area (Å²) in [5, 5.41) is 0. The number of allylic oxidation sites excluding steroid dienone is 1. The minimum Gasteiger partial charge on any atom is -0.289 e. The van der Waals surface area contributed by atoms with Crippen LogP contribution < -0.4 is 0 Å². The van der Waals surface area contributed by atoms with Gasteiger partial charge in [-0.3, -0.25) is 4.79 Å². The van der Waals surface area contributed by atoms with Crippen LogP contribution in [-0.2, 0) is 0 Å². The van der Waals surface area contributed by atoms with E-state index in [2.05, 4.69) is 13.5 Å². The number of hydrogen-bond donors (Lipinski definition) is 0. The summed E-state index contributed by atoms with van der Waals surface area (Å²) in [6.45, 7) is 5.68. The van der Waals surface area contributed by atoms with Gasteiger partial charge in [0.2, 0.25) is 0 Å². The molecule has 1 nitrogen and oxygen atoms in total. The predicted octanol–water partition coefficient (Wildman–Crippen LogP) is 6.83. The molecule has 1 aromatic carbocycles. The molecule has 2 rings (SSSR count). The molecule has 0 unspecified atom stereocenters. The van der Waals surface area contributed by atoms with Crippen LogP contribution in [0, 0.1) is 11.7 Å². The molecule has 0 spiro atoms. The topological polar surface area (TPSA) is 17.1 Å². The molecule has 1 saturated carbocycles. The highest BCUT2D eigenvalue weighted by Gasteiger charge is 2.23. The maximum atomic E-state index is 14.1. The number of ketones is 1. The summed E-state index contributed by atoms with van der Waals surface area (Å²) in [4.78, 5) is 11.6. The Balaban J connectivity index is 1.81. The third kappa shape index (κ3) is 5.29. The Labute approximate surface area is 146 Å². The number of hydrogen-bond acceptors (Lipinski definition) is 1. The summed E-state index contributed by atoms with van der Waals surface area (Å²) < 4.78 is 14.1. The van der Waals surface area contributed by atoms with E-state index < -0.39 is 5.82 Å². The Morgan fingerprint density at radius 1 is 1.17 bits per heavy atom. The van der Waals surface area contributed by atoms with Gasteiger partial charge in [0.25, 0.3) is 0 Å². The van der Waals surface area contributed by atoms with Crippen molar-refractivity contribution in [2.45, 2.75) is 77.0 Å². The molecule has 0 N–H and O–H groups in total. The van der Waals surface area contributed by atoms with Crippen LogP contribution in [0.4, 0.5) is 4.39 Å². The van der Waals surface area contributed by atoms with Crippen LogP contribution in [0.25, 0.3) is 0 Å². The van der Waals surface area contributed by atoms with Crippen molar-refractivity contribution < 1.29 is 9.18 Å². The summed E-state index contributed by atoms with van der Waals surface area (Å²) in [5.74, 6) is 0.555. The molecule has 0 atom stereocenters. The number of unbranched alkanes of at least 4 members (excludes halogenated alkanes) is 4. The lowest BCUT2D eigenvalue weighted by atomic mass is 9.77. The normalized spacial score (nSPS) is 20.8. The SMILES string of the molecule is C=CC(=O)c1ccc(C2CCC(CCCCCCC)CC2)cc1F. The summed E-state index contributed by atoms with van der Waals surface area (Å²) in [5.41, 5.74) is 1.18. The fraction of sp³-hybridized carbons (Fsp3) is 0.591. The summed E-state index contributed by atoms with van der Waals surface area (Å²) in [7, 11) is 0. The Kier molecular flexibility index (Phi) is 7.68. The second-order valence-electron chi connectivity index (χ2n) is 7.23. The van der Waals surface area contributed by atoms with Crippen LogP contribution in [0.1, 0.15) is 93.0 Å². The Morgan fingerprint density at radius 3 is 2.50 bits per heavy atom. The van der Waals surface area contributed by atoms with Crippen molar-refractivity contribution in [3.8, 4) is 0 Å². The van der Waals surface area contributed by atoms with Gasteiger partial charge in [0, 0.05) is 0 Å². The third-order valence-electron chi connectivity index (χ3n) is 5.48. The van der Waals surface area contributed by atoms with Crippen LogP contribution in [-0.4, -0.2) is 5.78 Å². The van der Waals surface area contributed by atoms with Crippen molar-refractivity contribution in [3.05, 3.63) is 47.8 Å². The molecule has 0 aromatic heterocycles. The second kappa shape index (κ2) is 9.76. The number of rotatable bonds is 9. The van der Waals surface area contributed by atoms with Crippen molar-refractivity contribution in [1.29, 1.82) is 0 Å². The van der Waals surface area contributed by atoms with Gasteiger partial charge >= 0.3 is 0 Å². The lowest BCUT2D eigenvalue weighted by Crippen LogP contribution is -2.14. The quantitative estimate of drug-likeness (QED) is 0.275. The number of benzene rings is 1. The monoisotopic (exact) mass is 330 g/mol. The number of halogens is 1. The lowest BCUT2D eigenvalue weighted by Gasteiger charge is -2.29.